The first kappa shape index (κ1) is 28.6. The van der Waals surface area contributed by atoms with Crippen molar-refractivity contribution in [2.24, 2.45) is 0 Å². The number of hydrogen-bond acceptors (Lipinski definition) is 8. The van der Waals surface area contributed by atoms with Crippen molar-refractivity contribution in [3.8, 4) is 17.2 Å². The lowest BCUT2D eigenvalue weighted by Gasteiger charge is -2.38. The highest BCUT2D eigenvalue weighted by Crippen LogP contribution is 2.29. The third kappa shape index (κ3) is 7.03. The van der Waals surface area contributed by atoms with E-state index in [4.69, 9.17) is 14.2 Å². The van der Waals surface area contributed by atoms with Crippen LogP contribution in [-0.4, -0.2) is 71.8 Å². The molecule has 220 valence electrons. The number of carbonyl (C=O) groups is 3. The van der Waals surface area contributed by atoms with Gasteiger partial charge in [0.1, 0.15) is 23.4 Å². The monoisotopic (exact) mass is 579 g/mol. The predicted molar refractivity (Wildman–Crippen MR) is 147 cm³/mol. The van der Waals surface area contributed by atoms with E-state index in [2.05, 4.69) is 20.8 Å². The largest absolute Gasteiger partial charge is 0.493 e. The van der Waals surface area contributed by atoms with Gasteiger partial charge in [-0.3, -0.25) is 19.2 Å². The molecule has 5 rings (SSSR count). The molecule has 12 nitrogen and oxygen atoms in total. The molecule has 0 aliphatic carbocycles. The van der Waals surface area contributed by atoms with Crippen molar-refractivity contribution in [1.82, 2.24) is 25.7 Å². The number of nitrogens with one attached hydrogen (secondary N) is 3. The van der Waals surface area contributed by atoms with E-state index in [1.807, 2.05) is 6.07 Å². The molecule has 1 saturated heterocycles. The van der Waals surface area contributed by atoms with Crippen LogP contribution in [0.2, 0.25) is 0 Å². The van der Waals surface area contributed by atoms with E-state index in [1.165, 1.54) is 36.3 Å². The number of piperidine rings is 1. The Bertz CT molecular complexity index is 1520. The van der Waals surface area contributed by atoms with Gasteiger partial charge in [0.25, 0.3) is 17.4 Å². The summed E-state index contributed by atoms with van der Waals surface area (Å²) in [6.07, 6.45) is 0.286. The summed E-state index contributed by atoms with van der Waals surface area (Å²) in [4.78, 5) is 51.6. The van der Waals surface area contributed by atoms with Gasteiger partial charge in [0.05, 0.1) is 13.2 Å². The lowest BCUT2D eigenvalue weighted by Crippen LogP contribution is -2.58. The fourth-order valence-corrected chi connectivity index (χ4v) is 4.91. The molecule has 0 spiro atoms. The highest BCUT2D eigenvalue weighted by atomic mass is 19.1. The molecule has 1 fully saturated rings. The molecule has 2 aromatic carbocycles. The summed E-state index contributed by atoms with van der Waals surface area (Å²) in [5, 5.41) is 11.8. The van der Waals surface area contributed by atoms with Crippen LogP contribution < -0.4 is 30.4 Å². The molecule has 42 heavy (non-hydrogen) atoms. The first-order valence-electron chi connectivity index (χ1n) is 13.4. The number of rotatable bonds is 2. The van der Waals surface area contributed by atoms with Gasteiger partial charge in [-0.2, -0.15) is 5.10 Å². The van der Waals surface area contributed by atoms with Crippen LogP contribution in [-0.2, 0) is 22.6 Å². The number of ether oxygens (including phenoxy) is 3. The lowest BCUT2D eigenvalue weighted by atomic mass is 10.0. The van der Waals surface area contributed by atoms with Crippen molar-refractivity contribution < 1.29 is 33.0 Å². The Morgan fingerprint density at radius 2 is 1.90 bits per heavy atom. The van der Waals surface area contributed by atoms with Gasteiger partial charge in [0.2, 0.25) is 5.91 Å². The summed E-state index contributed by atoms with van der Waals surface area (Å²) >= 11 is 0. The molecule has 13 heteroatoms. The lowest BCUT2D eigenvalue weighted by molar-refractivity contribution is -0.125. The van der Waals surface area contributed by atoms with Crippen LogP contribution in [0, 0.1) is 5.82 Å². The van der Waals surface area contributed by atoms with Crippen molar-refractivity contribution in [2.75, 3.05) is 26.8 Å². The van der Waals surface area contributed by atoms with Gasteiger partial charge in [0, 0.05) is 44.6 Å². The van der Waals surface area contributed by atoms with E-state index in [9.17, 15) is 23.6 Å². The number of likely N-dealkylation sites (tertiary alicyclic amines) is 1. The van der Waals surface area contributed by atoms with E-state index in [0.29, 0.717) is 29.9 Å². The zero-order chi connectivity index (χ0) is 29.6. The van der Waals surface area contributed by atoms with Gasteiger partial charge in [-0.25, -0.2) is 9.49 Å². The van der Waals surface area contributed by atoms with Gasteiger partial charge < -0.3 is 29.7 Å². The van der Waals surface area contributed by atoms with Crippen LogP contribution in [0.3, 0.4) is 0 Å². The van der Waals surface area contributed by atoms with Crippen molar-refractivity contribution >= 4 is 17.7 Å². The number of methoxy groups -OCH3 is 1. The predicted octanol–water partition coefficient (Wildman–Crippen LogP) is 1.34. The van der Waals surface area contributed by atoms with Gasteiger partial charge >= 0.3 is 0 Å². The number of carbonyl (C=O) groups excluding carboxylic acids is 3. The highest BCUT2D eigenvalue weighted by Gasteiger charge is 2.35. The van der Waals surface area contributed by atoms with Crippen molar-refractivity contribution in [3.63, 3.8) is 0 Å². The van der Waals surface area contributed by atoms with Crippen LogP contribution in [0.15, 0.2) is 53.3 Å². The molecule has 2 aliphatic rings. The van der Waals surface area contributed by atoms with Crippen LogP contribution in [0.25, 0.3) is 0 Å². The molecule has 0 saturated carbocycles. The molecule has 0 unspecified atom stereocenters. The number of nitrogens with zero attached hydrogens (tertiary/aromatic N) is 2. The maximum atomic E-state index is 14.5. The SMILES string of the molecule is COc1ccc2cc1OCC(=O)N[C@@H]1CN(C(=O)c3ccc(=O)[nH]n3)CC[C@H]1Oc1cc(F)cc(c1)CNC(=O)CC2. The topological polar surface area (TPSA) is 152 Å². The van der Waals surface area contributed by atoms with Crippen molar-refractivity contribution in [2.45, 2.75) is 38.0 Å². The third-order valence-corrected chi connectivity index (χ3v) is 7.02. The molecule has 2 atom stereocenters. The maximum absolute atomic E-state index is 14.5. The number of amides is 3. The summed E-state index contributed by atoms with van der Waals surface area (Å²) in [5.41, 5.74) is 0.928. The smallest absolute Gasteiger partial charge is 0.274 e. The molecule has 3 amide bonds. The van der Waals surface area contributed by atoms with Gasteiger partial charge in [-0.1, -0.05) is 6.07 Å². The fraction of sp³-hybridized carbons (Fsp3) is 0.345. The van der Waals surface area contributed by atoms with Gasteiger partial charge in [0.15, 0.2) is 18.1 Å². The van der Waals surface area contributed by atoms with Gasteiger partial charge in [-0.15, -0.1) is 0 Å². The quantitative estimate of drug-likeness (QED) is 0.412. The molecule has 3 heterocycles. The number of aromatic amines is 1. The Kier molecular flexibility index (Phi) is 8.65. The Labute approximate surface area is 240 Å². The molecular formula is C29H30FN5O7. The number of H-pyrrole nitrogens is 1. The minimum absolute atomic E-state index is 0.0487. The second-order valence-corrected chi connectivity index (χ2v) is 10.0. The molecule has 4 bridgehead atoms. The summed E-state index contributed by atoms with van der Waals surface area (Å²) in [6.45, 7) is 0.0642. The molecule has 3 aromatic rings. The first-order chi connectivity index (χ1) is 20.3. The summed E-state index contributed by atoms with van der Waals surface area (Å²) in [6, 6.07) is 11.2. The maximum Gasteiger partial charge on any atom is 0.274 e. The minimum Gasteiger partial charge on any atom is -0.493 e. The van der Waals surface area contributed by atoms with Crippen LogP contribution in [0.4, 0.5) is 4.39 Å². The number of benzene rings is 2. The van der Waals surface area contributed by atoms with Crippen molar-refractivity contribution in [1.29, 1.82) is 0 Å². The summed E-state index contributed by atoms with van der Waals surface area (Å²) < 4.78 is 31.8. The third-order valence-electron chi connectivity index (χ3n) is 7.02. The van der Waals surface area contributed by atoms with E-state index >= 15 is 0 Å². The minimum atomic E-state index is -0.694. The zero-order valence-electron chi connectivity index (χ0n) is 22.9. The Hall–Kier alpha value is -4.94. The molecule has 1 aromatic heterocycles. The van der Waals surface area contributed by atoms with Gasteiger partial charge in [-0.05, 0) is 47.9 Å². The summed E-state index contributed by atoms with van der Waals surface area (Å²) in [7, 11) is 1.48. The average molecular weight is 580 g/mol. The second kappa shape index (κ2) is 12.7. The first-order valence-corrected chi connectivity index (χ1v) is 13.4. The normalized spacial score (nSPS) is 19.5. The van der Waals surface area contributed by atoms with E-state index in [1.54, 1.807) is 18.2 Å². The van der Waals surface area contributed by atoms with Crippen molar-refractivity contribution in [3.05, 3.63) is 81.5 Å². The van der Waals surface area contributed by atoms with E-state index < -0.39 is 35.3 Å². The molecular weight excluding hydrogens is 549 g/mol. The molecule has 3 N–H and O–H groups in total. The van der Waals surface area contributed by atoms with Crippen LogP contribution in [0.1, 0.15) is 34.5 Å². The Morgan fingerprint density at radius 1 is 1.05 bits per heavy atom. The second-order valence-electron chi connectivity index (χ2n) is 10.0. The van der Waals surface area contributed by atoms with E-state index in [-0.39, 0.29) is 50.0 Å². The van der Waals surface area contributed by atoms with Crippen LogP contribution >= 0.6 is 0 Å². The highest BCUT2D eigenvalue weighted by molar-refractivity contribution is 5.92. The Morgan fingerprint density at radius 3 is 2.69 bits per heavy atom. The number of fused-ring (bicyclic) bond motifs is 5. The van der Waals surface area contributed by atoms with E-state index in [0.717, 1.165) is 5.56 Å². The average Bonchev–Trinajstić information content (AvgIpc) is 2.98. The number of aryl methyl sites for hydroxylation is 1. The number of halogens is 1. The zero-order valence-corrected chi connectivity index (χ0v) is 22.9. The fourth-order valence-electron chi connectivity index (χ4n) is 4.91. The number of aromatic nitrogens is 2. The molecule has 0 radical (unpaired) electrons. The standard InChI is InChI=1S/C29H30FN5O7/c1-40-24-5-2-17-3-6-26(36)31-14-18-10-19(30)13-20(11-18)42-23-8-9-35(29(39)21-4-7-27(37)34-33-21)15-22(23)32-28(38)16-41-25(24)12-17/h2,4-5,7,10-13,22-23H,3,6,8-9,14-16H2,1H3,(H,31,36)(H,32,38)(H,34,37)/t22-,23-/m1/s1. The molecule has 2 aliphatic heterocycles. The summed E-state index contributed by atoms with van der Waals surface area (Å²) in [5.74, 6) is -0.664. The van der Waals surface area contributed by atoms with Crippen LogP contribution in [0.5, 0.6) is 17.2 Å². The number of hydrogen-bond donors (Lipinski definition) is 3. The Balaban J connectivity index is 1.42.